The number of benzene rings is 1. The second kappa shape index (κ2) is 8.32. The van der Waals surface area contributed by atoms with E-state index in [0.29, 0.717) is 51.6 Å². The molecule has 4 fully saturated rings. The molecule has 1 atom stereocenters. The molecule has 1 amide bonds. The van der Waals surface area contributed by atoms with E-state index in [0.717, 1.165) is 35.5 Å². The van der Waals surface area contributed by atoms with Crippen LogP contribution in [0.3, 0.4) is 0 Å². The number of alkyl halides is 3. The molecule has 3 aliphatic carbocycles. The quantitative estimate of drug-likeness (QED) is 0.664. The smallest absolute Gasteiger partial charge is 0.416 e. The number of anilines is 1. The summed E-state index contributed by atoms with van der Waals surface area (Å²) in [5.41, 5.74) is -2.40. The van der Waals surface area contributed by atoms with Gasteiger partial charge < -0.3 is 9.87 Å². The molecule has 3 saturated carbocycles. The number of nitrogens with one attached hydrogen (secondary N) is 1. The molecule has 32 heavy (non-hydrogen) atoms. The molecule has 1 aromatic rings. The van der Waals surface area contributed by atoms with Gasteiger partial charge >= 0.3 is 6.18 Å². The maximum atomic E-state index is 13.4. The second-order valence-corrected chi connectivity index (χ2v) is 9.79. The molecule has 1 heterocycles. The van der Waals surface area contributed by atoms with Gasteiger partial charge in [-0.2, -0.15) is 18.4 Å². The van der Waals surface area contributed by atoms with Crippen LogP contribution >= 0.6 is 0 Å². The molecule has 1 saturated heterocycles. The van der Waals surface area contributed by atoms with Crippen molar-refractivity contribution in [1.29, 1.82) is 5.26 Å². The molecule has 174 valence electrons. The number of hydrazine groups is 1. The van der Waals surface area contributed by atoms with Crippen LogP contribution in [0.2, 0.25) is 0 Å². The van der Waals surface area contributed by atoms with Crippen molar-refractivity contribution in [2.45, 2.75) is 63.1 Å². The van der Waals surface area contributed by atoms with Gasteiger partial charge in [-0.1, -0.05) is 0 Å². The Labute approximate surface area is 186 Å². The molecule has 1 unspecified atom stereocenters. The third-order valence-corrected chi connectivity index (χ3v) is 7.83. The highest BCUT2D eigenvalue weighted by Crippen LogP contribution is 2.52. The lowest BCUT2D eigenvalue weighted by molar-refractivity contribution is -0.137. The molecule has 5 rings (SSSR count). The zero-order chi connectivity index (χ0) is 23.1. The average Bonchev–Trinajstić information content (AvgIpc) is 3.28. The summed E-state index contributed by atoms with van der Waals surface area (Å²) in [6, 6.07) is 4.95. The first-order valence-electron chi connectivity index (χ1n) is 10.7. The normalized spacial score (nSPS) is 28.8. The van der Waals surface area contributed by atoms with Gasteiger partial charge in [-0.25, -0.2) is 9.42 Å². The lowest BCUT2D eigenvalue weighted by Crippen LogP contribution is -2.56. The molecule has 4 aliphatic rings. The van der Waals surface area contributed by atoms with E-state index in [9.17, 15) is 32.0 Å². The lowest BCUT2D eigenvalue weighted by atomic mass is 9.58. The fourth-order valence-corrected chi connectivity index (χ4v) is 5.79. The van der Waals surface area contributed by atoms with Crippen molar-refractivity contribution in [3.05, 3.63) is 29.3 Å². The van der Waals surface area contributed by atoms with Gasteiger partial charge in [-0.15, -0.1) is 0 Å². The molecule has 2 bridgehead atoms. The van der Waals surface area contributed by atoms with Crippen LogP contribution in [-0.2, 0) is 17.4 Å². The maximum absolute atomic E-state index is 13.4. The number of nitrogens with zero attached hydrogens (tertiary/aromatic N) is 3. The Hall–Kier alpha value is -2.16. The number of halogens is 3. The summed E-state index contributed by atoms with van der Waals surface area (Å²) >= 11 is -2.80. The van der Waals surface area contributed by atoms with Crippen LogP contribution < -0.4 is 9.73 Å². The van der Waals surface area contributed by atoms with Crippen LogP contribution in [0.1, 0.15) is 67.3 Å². The van der Waals surface area contributed by atoms with Crippen molar-refractivity contribution < 1.29 is 26.7 Å². The number of nitriles is 1. The first-order valence-corrected chi connectivity index (χ1v) is 11.7. The Morgan fingerprint density at radius 2 is 1.75 bits per heavy atom. The molecular formula is C21H24F3N4O3S-. The van der Waals surface area contributed by atoms with Crippen LogP contribution in [0.4, 0.5) is 18.9 Å². The fourth-order valence-electron chi connectivity index (χ4n) is 5.12. The van der Waals surface area contributed by atoms with Crippen LogP contribution in [-0.4, -0.2) is 38.3 Å². The SMILES string of the molecule is N#CC12CCC(NC(=O)c3cc(C(F)(F)F)ccc3N(N3CCCC3)S(=O)[O-])(CC1)CC2. The second-order valence-electron chi connectivity index (χ2n) is 9.01. The Kier molecular flexibility index (Phi) is 5.98. The van der Waals surface area contributed by atoms with Gasteiger partial charge in [0, 0.05) is 18.6 Å². The van der Waals surface area contributed by atoms with E-state index in [2.05, 4.69) is 11.4 Å². The minimum absolute atomic E-state index is 0.0971. The summed E-state index contributed by atoms with van der Waals surface area (Å²) in [4.78, 5) is 13.3. The summed E-state index contributed by atoms with van der Waals surface area (Å²) in [7, 11) is 0. The third-order valence-electron chi connectivity index (χ3n) is 7.12. The van der Waals surface area contributed by atoms with E-state index in [1.165, 1.54) is 5.01 Å². The molecule has 7 nitrogen and oxygen atoms in total. The number of hydrogen-bond donors (Lipinski definition) is 1. The molecule has 11 heteroatoms. The molecule has 1 aliphatic heterocycles. The highest BCUT2D eigenvalue weighted by Gasteiger charge is 2.50. The van der Waals surface area contributed by atoms with Crippen molar-refractivity contribution in [1.82, 2.24) is 10.3 Å². The van der Waals surface area contributed by atoms with Crippen molar-refractivity contribution >= 4 is 22.9 Å². The average molecular weight is 470 g/mol. The van der Waals surface area contributed by atoms with Crippen LogP contribution in [0.15, 0.2) is 18.2 Å². The minimum atomic E-state index is -4.68. The van der Waals surface area contributed by atoms with Crippen LogP contribution in [0.25, 0.3) is 0 Å². The number of hydrogen-bond acceptors (Lipinski definition) is 5. The van der Waals surface area contributed by atoms with E-state index in [4.69, 9.17) is 0 Å². The zero-order valence-electron chi connectivity index (χ0n) is 17.4. The topological polar surface area (TPSA) is 99.5 Å². The Morgan fingerprint density at radius 3 is 2.25 bits per heavy atom. The Balaban J connectivity index is 1.68. The van der Waals surface area contributed by atoms with Gasteiger partial charge in [0.2, 0.25) is 0 Å². The molecule has 0 spiro atoms. The molecule has 0 radical (unpaired) electrons. The van der Waals surface area contributed by atoms with Crippen molar-refractivity contribution in [2.75, 3.05) is 17.5 Å². The first-order chi connectivity index (χ1) is 15.1. The van der Waals surface area contributed by atoms with E-state index in [1.807, 2.05) is 0 Å². The highest BCUT2D eigenvalue weighted by atomic mass is 32.2. The Bertz CT molecular complexity index is 947. The largest absolute Gasteiger partial charge is 0.754 e. The minimum Gasteiger partial charge on any atom is -0.754 e. The van der Waals surface area contributed by atoms with E-state index in [-0.39, 0.29) is 16.7 Å². The predicted octanol–water partition coefficient (Wildman–Crippen LogP) is 3.66. The summed E-state index contributed by atoms with van der Waals surface area (Å²) in [6.07, 6.45) is 0.428. The fraction of sp³-hybridized carbons (Fsp3) is 0.619. The van der Waals surface area contributed by atoms with Gasteiger partial charge in [0.1, 0.15) is 0 Å². The van der Waals surface area contributed by atoms with Gasteiger partial charge in [-0.3, -0.25) is 9.00 Å². The third kappa shape index (κ3) is 4.23. The summed E-state index contributed by atoms with van der Waals surface area (Å²) < 4.78 is 65.2. The monoisotopic (exact) mass is 469 g/mol. The van der Waals surface area contributed by atoms with Gasteiger partial charge in [0.05, 0.1) is 39.6 Å². The predicted molar refractivity (Wildman–Crippen MR) is 110 cm³/mol. The number of amides is 1. The molecule has 1 N–H and O–H groups in total. The highest BCUT2D eigenvalue weighted by molar-refractivity contribution is 7.80. The van der Waals surface area contributed by atoms with Gasteiger partial charge in [-0.05, 0) is 69.6 Å². The van der Waals surface area contributed by atoms with Gasteiger partial charge in [0.15, 0.2) is 0 Å². The van der Waals surface area contributed by atoms with Crippen molar-refractivity contribution in [2.24, 2.45) is 5.41 Å². The Morgan fingerprint density at radius 1 is 1.16 bits per heavy atom. The standard InChI is InChI=1S/C21H25F3N4O3S/c22-21(23,24)15-3-4-17(28(32(30)31)27-11-1-2-12-27)16(13-15)18(29)26-20-8-5-19(14-25,6-9-20)7-10-20/h3-4,13H,1-2,5-12H2,(H,26,29)(H,30,31)/p-1. The molecule has 0 aromatic heterocycles. The van der Waals surface area contributed by atoms with Crippen molar-refractivity contribution in [3.63, 3.8) is 0 Å². The number of fused-ring (bicyclic) bond motifs is 3. The van der Waals surface area contributed by atoms with E-state index < -0.39 is 34.5 Å². The van der Waals surface area contributed by atoms with Crippen molar-refractivity contribution in [3.8, 4) is 6.07 Å². The van der Waals surface area contributed by atoms with Crippen LogP contribution in [0, 0.1) is 16.7 Å². The zero-order valence-corrected chi connectivity index (χ0v) is 18.2. The van der Waals surface area contributed by atoms with Crippen LogP contribution in [0.5, 0.6) is 0 Å². The van der Waals surface area contributed by atoms with E-state index in [1.54, 1.807) is 0 Å². The molecular weight excluding hydrogens is 445 g/mol. The number of carbonyl (C=O) groups excluding carboxylic acids is 1. The first kappa shape index (κ1) is 23.0. The summed E-state index contributed by atoms with van der Waals surface area (Å²) in [6.45, 7) is 0.854. The molecule has 1 aromatic carbocycles. The lowest BCUT2D eigenvalue weighted by Gasteiger charge is -2.50. The number of carbonyl (C=O) groups is 1. The van der Waals surface area contributed by atoms with E-state index >= 15 is 0 Å². The van der Waals surface area contributed by atoms with Gasteiger partial charge in [0.25, 0.3) is 5.91 Å². The maximum Gasteiger partial charge on any atom is 0.416 e. The summed E-state index contributed by atoms with van der Waals surface area (Å²) in [5, 5.41) is 13.9. The number of rotatable bonds is 5. The summed E-state index contributed by atoms with van der Waals surface area (Å²) in [5.74, 6) is -0.730.